The fraction of sp³-hybridized carbons (Fsp3) is 0.500. The zero-order valence-electron chi connectivity index (χ0n) is 10.9. The minimum atomic E-state index is -0.0262. The summed E-state index contributed by atoms with van der Waals surface area (Å²) in [4.78, 5) is 11.9. The van der Waals surface area contributed by atoms with Gasteiger partial charge in [0.05, 0.1) is 0 Å². The van der Waals surface area contributed by atoms with Crippen molar-refractivity contribution in [1.29, 1.82) is 0 Å². The summed E-state index contributed by atoms with van der Waals surface area (Å²) in [5, 5.41) is 2.87. The van der Waals surface area contributed by atoms with Crippen LogP contribution in [0.5, 0.6) is 0 Å². The molecule has 0 saturated heterocycles. The SMILES string of the molecule is CCNC(=O)C(C)C(CC)c1cccc(N)c1. The Balaban J connectivity index is 2.87. The Morgan fingerprint density at radius 3 is 2.65 bits per heavy atom. The van der Waals surface area contributed by atoms with Crippen molar-refractivity contribution in [1.82, 2.24) is 5.32 Å². The Kier molecular flexibility index (Phi) is 5.01. The summed E-state index contributed by atoms with van der Waals surface area (Å²) in [7, 11) is 0. The molecule has 1 aromatic rings. The Hall–Kier alpha value is -1.51. The second kappa shape index (κ2) is 6.28. The molecular formula is C14H22N2O. The van der Waals surface area contributed by atoms with Gasteiger partial charge in [-0.25, -0.2) is 0 Å². The molecular weight excluding hydrogens is 212 g/mol. The number of anilines is 1. The monoisotopic (exact) mass is 234 g/mol. The summed E-state index contributed by atoms with van der Waals surface area (Å²) in [6.45, 7) is 6.69. The molecule has 1 rings (SSSR count). The lowest BCUT2D eigenvalue weighted by Crippen LogP contribution is -2.32. The largest absolute Gasteiger partial charge is 0.399 e. The summed E-state index contributed by atoms with van der Waals surface area (Å²) in [6.07, 6.45) is 0.932. The zero-order chi connectivity index (χ0) is 12.8. The fourth-order valence-corrected chi connectivity index (χ4v) is 2.19. The quantitative estimate of drug-likeness (QED) is 0.769. The van der Waals surface area contributed by atoms with Gasteiger partial charge in [-0.2, -0.15) is 0 Å². The lowest BCUT2D eigenvalue weighted by Gasteiger charge is -2.22. The van der Waals surface area contributed by atoms with Crippen molar-refractivity contribution in [2.24, 2.45) is 5.92 Å². The number of benzene rings is 1. The van der Waals surface area contributed by atoms with Crippen molar-refractivity contribution in [3.8, 4) is 0 Å². The van der Waals surface area contributed by atoms with E-state index in [0.717, 1.165) is 17.7 Å². The van der Waals surface area contributed by atoms with Gasteiger partial charge in [-0.3, -0.25) is 4.79 Å². The molecule has 3 nitrogen and oxygen atoms in total. The number of amides is 1. The number of nitrogen functional groups attached to an aromatic ring is 1. The standard InChI is InChI=1S/C14H22N2O/c1-4-13(10(3)14(17)16-5-2)11-7-6-8-12(15)9-11/h6-10,13H,4-5,15H2,1-3H3,(H,16,17). The highest BCUT2D eigenvalue weighted by atomic mass is 16.1. The summed E-state index contributed by atoms with van der Waals surface area (Å²) < 4.78 is 0. The van der Waals surface area contributed by atoms with E-state index in [4.69, 9.17) is 5.73 Å². The van der Waals surface area contributed by atoms with Gasteiger partial charge < -0.3 is 11.1 Å². The molecule has 1 amide bonds. The molecule has 2 unspecified atom stereocenters. The topological polar surface area (TPSA) is 55.1 Å². The van der Waals surface area contributed by atoms with Crippen molar-refractivity contribution in [2.75, 3.05) is 12.3 Å². The van der Waals surface area contributed by atoms with Gasteiger partial charge in [-0.15, -0.1) is 0 Å². The van der Waals surface area contributed by atoms with Crippen LogP contribution in [0.1, 0.15) is 38.7 Å². The molecule has 2 atom stereocenters. The number of nitrogens with one attached hydrogen (secondary N) is 1. The van der Waals surface area contributed by atoms with E-state index in [1.165, 1.54) is 0 Å². The molecule has 3 heteroatoms. The first-order chi connectivity index (χ1) is 8.10. The molecule has 0 aliphatic heterocycles. The molecule has 1 aromatic carbocycles. The van der Waals surface area contributed by atoms with Gasteiger partial charge in [0.15, 0.2) is 0 Å². The van der Waals surface area contributed by atoms with Gasteiger partial charge in [0.25, 0.3) is 0 Å². The van der Waals surface area contributed by atoms with Crippen LogP contribution in [0, 0.1) is 5.92 Å². The molecule has 3 N–H and O–H groups in total. The third kappa shape index (κ3) is 3.48. The van der Waals surface area contributed by atoms with Gasteiger partial charge in [-0.05, 0) is 37.0 Å². The number of nitrogens with two attached hydrogens (primary N) is 1. The van der Waals surface area contributed by atoms with Crippen LogP contribution in [0.15, 0.2) is 24.3 Å². The van der Waals surface area contributed by atoms with E-state index in [1.807, 2.05) is 38.1 Å². The van der Waals surface area contributed by atoms with E-state index >= 15 is 0 Å². The van der Waals surface area contributed by atoms with Gasteiger partial charge >= 0.3 is 0 Å². The van der Waals surface area contributed by atoms with Crippen molar-refractivity contribution in [2.45, 2.75) is 33.1 Å². The molecule has 17 heavy (non-hydrogen) atoms. The van der Waals surface area contributed by atoms with Crippen LogP contribution >= 0.6 is 0 Å². The smallest absolute Gasteiger partial charge is 0.223 e. The van der Waals surface area contributed by atoms with Crippen molar-refractivity contribution in [3.05, 3.63) is 29.8 Å². The third-order valence-electron chi connectivity index (χ3n) is 3.15. The highest BCUT2D eigenvalue weighted by Gasteiger charge is 2.23. The van der Waals surface area contributed by atoms with Crippen molar-refractivity contribution < 1.29 is 4.79 Å². The predicted octanol–water partition coefficient (Wildman–Crippen LogP) is 2.53. The lowest BCUT2D eigenvalue weighted by atomic mass is 9.84. The van der Waals surface area contributed by atoms with E-state index in [1.54, 1.807) is 0 Å². The van der Waals surface area contributed by atoms with E-state index in [-0.39, 0.29) is 17.7 Å². The van der Waals surface area contributed by atoms with Crippen molar-refractivity contribution in [3.63, 3.8) is 0 Å². The van der Waals surface area contributed by atoms with Gasteiger partial charge in [0, 0.05) is 18.2 Å². The zero-order valence-corrected chi connectivity index (χ0v) is 10.9. The second-order valence-electron chi connectivity index (χ2n) is 4.37. The summed E-state index contributed by atoms with van der Waals surface area (Å²) >= 11 is 0. The second-order valence-corrected chi connectivity index (χ2v) is 4.37. The molecule has 0 saturated carbocycles. The fourth-order valence-electron chi connectivity index (χ4n) is 2.19. The van der Waals surface area contributed by atoms with Crippen LogP contribution in [-0.2, 0) is 4.79 Å². The molecule has 0 aromatic heterocycles. The summed E-state index contributed by atoms with van der Waals surface area (Å²) in [6, 6.07) is 7.81. The van der Waals surface area contributed by atoms with Crippen LogP contribution in [0.4, 0.5) is 5.69 Å². The van der Waals surface area contributed by atoms with E-state index in [9.17, 15) is 4.79 Å². The molecule has 0 spiro atoms. The average molecular weight is 234 g/mol. The molecule has 0 aliphatic carbocycles. The van der Waals surface area contributed by atoms with E-state index in [2.05, 4.69) is 12.2 Å². The van der Waals surface area contributed by atoms with Gasteiger partial charge in [0.1, 0.15) is 0 Å². The Labute approximate surface area is 103 Å². The average Bonchev–Trinajstić information content (AvgIpc) is 2.30. The maximum atomic E-state index is 11.9. The number of rotatable bonds is 5. The third-order valence-corrected chi connectivity index (χ3v) is 3.15. The van der Waals surface area contributed by atoms with E-state index < -0.39 is 0 Å². The summed E-state index contributed by atoms with van der Waals surface area (Å²) in [5.74, 6) is 0.313. The lowest BCUT2D eigenvalue weighted by molar-refractivity contribution is -0.125. The molecule has 0 heterocycles. The first-order valence-corrected chi connectivity index (χ1v) is 6.23. The molecule has 0 bridgehead atoms. The normalized spacial score (nSPS) is 14.1. The van der Waals surface area contributed by atoms with E-state index in [0.29, 0.717) is 6.54 Å². The van der Waals surface area contributed by atoms with Crippen LogP contribution < -0.4 is 11.1 Å². The van der Waals surface area contributed by atoms with Crippen LogP contribution in [0.3, 0.4) is 0 Å². The number of carbonyl (C=O) groups is 1. The molecule has 94 valence electrons. The minimum absolute atomic E-state index is 0.0262. The first-order valence-electron chi connectivity index (χ1n) is 6.23. The highest BCUT2D eigenvalue weighted by molar-refractivity contribution is 5.79. The Morgan fingerprint density at radius 2 is 2.12 bits per heavy atom. The highest BCUT2D eigenvalue weighted by Crippen LogP contribution is 2.29. The Bertz CT molecular complexity index is 376. The number of hydrogen-bond acceptors (Lipinski definition) is 2. The predicted molar refractivity (Wildman–Crippen MR) is 71.7 cm³/mol. The number of carbonyl (C=O) groups excluding carboxylic acids is 1. The van der Waals surface area contributed by atoms with Gasteiger partial charge in [-0.1, -0.05) is 26.0 Å². The maximum Gasteiger partial charge on any atom is 0.223 e. The van der Waals surface area contributed by atoms with Crippen LogP contribution in [0.2, 0.25) is 0 Å². The maximum absolute atomic E-state index is 11.9. The number of hydrogen-bond donors (Lipinski definition) is 2. The molecule has 0 aliphatic rings. The van der Waals surface area contributed by atoms with Crippen molar-refractivity contribution >= 4 is 11.6 Å². The summed E-state index contributed by atoms with van der Waals surface area (Å²) in [5.41, 5.74) is 7.68. The van der Waals surface area contributed by atoms with Crippen LogP contribution in [-0.4, -0.2) is 12.5 Å². The minimum Gasteiger partial charge on any atom is -0.399 e. The van der Waals surface area contributed by atoms with Crippen LogP contribution in [0.25, 0.3) is 0 Å². The Morgan fingerprint density at radius 1 is 1.41 bits per heavy atom. The molecule has 0 radical (unpaired) electrons. The van der Waals surface area contributed by atoms with Gasteiger partial charge in [0.2, 0.25) is 5.91 Å². The molecule has 0 fully saturated rings. The first kappa shape index (κ1) is 13.6.